The van der Waals surface area contributed by atoms with Crippen molar-refractivity contribution in [1.82, 2.24) is 9.80 Å². The van der Waals surface area contributed by atoms with Crippen LogP contribution in [0.3, 0.4) is 0 Å². The topological polar surface area (TPSA) is 51.2 Å². The van der Waals surface area contributed by atoms with Gasteiger partial charge in [0.05, 0.1) is 32.8 Å². The molecule has 1 aliphatic rings. The van der Waals surface area contributed by atoms with Crippen molar-refractivity contribution in [3.8, 4) is 0 Å². The van der Waals surface area contributed by atoms with E-state index < -0.39 is 0 Å². The van der Waals surface area contributed by atoms with Gasteiger partial charge < -0.3 is 19.1 Å². The van der Waals surface area contributed by atoms with Crippen molar-refractivity contribution < 1.29 is 19.0 Å². The molecule has 6 nitrogen and oxygen atoms in total. The first-order valence-corrected chi connectivity index (χ1v) is 6.74. The summed E-state index contributed by atoms with van der Waals surface area (Å²) in [6.07, 6.45) is 0.608. The van der Waals surface area contributed by atoms with Gasteiger partial charge in [0.15, 0.2) is 0 Å². The number of esters is 1. The molecule has 0 saturated carbocycles. The van der Waals surface area contributed by atoms with E-state index >= 15 is 0 Å². The maximum absolute atomic E-state index is 11.2. The van der Waals surface area contributed by atoms with Crippen LogP contribution >= 0.6 is 0 Å². The first kappa shape index (κ1) is 16.4. The molecule has 19 heavy (non-hydrogen) atoms. The largest absolute Gasteiger partial charge is 0.469 e. The summed E-state index contributed by atoms with van der Waals surface area (Å²) in [6, 6.07) is 0. The lowest BCUT2D eigenvalue weighted by molar-refractivity contribution is -0.141. The van der Waals surface area contributed by atoms with Crippen LogP contribution in [0, 0.1) is 0 Å². The Labute approximate surface area is 115 Å². The second-order valence-electron chi connectivity index (χ2n) is 4.87. The van der Waals surface area contributed by atoms with Gasteiger partial charge in [0.2, 0.25) is 0 Å². The number of hydrogen-bond acceptors (Lipinski definition) is 6. The Balaban J connectivity index is 2.36. The smallest absolute Gasteiger partial charge is 0.306 e. The Morgan fingerprint density at radius 3 is 2.84 bits per heavy atom. The lowest BCUT2D eigenvalue weighted by Crippen LogP contribution is -2.47. The number of carbonyl (C=O) groups is 1. The average molecular weight is 274 g/mol. The third kappa shape index (κ3) is 6.87. The summed E-state index contributed by atoms with van der Waals surface area (Å²) in [7, 11) is 5.20. The third-order valence-corrected chi connectivity index (χ3v) is 3.28. The van der Waals surface area contributed by atoms with E-state index in [1.165, 1.54) is 7.11 Å². The molecule has 1 unspecified atom stereocenters. The molecule has 0 spiro atoms. The molecule has 0 aromatic carbocycles. The van der Waals surface area contributed by atoms with Gasteiger partial charge >= 0.3 is 5.97 Å². The van der Waals surface area contributed by atoms with Gasteiger partial charge in [0, 0.05) is 39.8 Å². The molecule has 0 aromatic rings. The van der Waals surface area contributed by atoms with Crippen molar-refractivity contribution in [2.24, 2.45) is 0 Å². The molecule has 0 radical (unpaired) electrons. The highest BCUT2D eigenvalue weighted by Crippen LogP contribution is 2.06. The summed E-state index contributed by atoms with van der Waals surface area (Å²) in [5.74, 6) is -0.177. The van der Waals surface area contributed by atoms with Gasteiger partial charge in [-0.25, -0.2) is 0 Å². The van der Waals surface area contributed by atoms with Crippen molar-refractivity contribution in [2.45, 2.75) is 12.5 Å². The van der Waals surface area contributed by atoms with E-state index in [-0.39, 0.29) is 12.1 Å². The summed E-state index contributed by atoms with van der Waals surface area (Å²) in [5, 5.41) is 0. The maximum atomic E-state index is 11.2. The standard InChI is InChI=1S/C13H26N2O4/c1-14-6-9-19-12(10-14)11-15(7-8-17-2)5-4-13(16)18-3/h12H,4-11H2,1-3H3. The summed E-state index contributed by atoms with van der Waals surface area (Å²) in [4.78, 5) is 15.7. The number of carbonyl (C=O) groups excluding carboxylic acids is 1. The Bertz CT molecular complexity index is 263. The van der Waals surface area contributed by atoms with Crippen LogP contribution in [0.25, 0.3) is 0 Å². The molecule has 0 amide bonds. The SMILES string of the molecule is COCCN(CCC(=O)OC)CC1CN(C)CCO1. The molecular weight excluding hydrogens is 248 g/mol. The Morgan fingerprint density at radius 2 is 2.21 bits per heavy atom. The van der Waals surface area contributed by atoms with Gasteiger partial charge in [0.25, 0.3) is 0 Å². The van der Waals surface area contributed by atoms with E-state index in [4.69, 9.17) is 9.47 Å². The Hall–Kier alpha value is -0.690. The molecule has 1 rings (SSSR count). The summed E-state index contributed by atoms with van der Waals surface area (Å²) >= 11 is 0. The Morgan fingerprint density at radius 1 is 1.42 bits per heavy atom. The molecule has 1 atom stereocenters. The molecule has 1 saturated heterocycles. The zero-order valence-corrected chi connectivity index (χ0v) is 12.3. The predicted octanol–water partition coefficient (Wildman–Crippen LogP) is -0.171. The molecular formula is C13H26N2O4. The van der Waals surface area contributed by atoms with Crippen LogP contribution in [0.1, 0.15) is 6.42 Å². The Kier molecular flexibility index (Phi) is 7.97. The molecule has 1 aliphatic heterocycles. The van der Waals surface area contributed by atoms with Gasteiger partial charge in [-0.2, -0.15) is 0 Å². The normalized spacial score (nSPS) is 20.7. The van der Waals surface area contributed by atoms with E-state index in [1.807, 2.05) is 0 Å². The molecule has 1 heterocycles. The lowest BCUT2D eigenvalue weighted by atomic mass is 10.2. The fourth-order valence-corrected chi connectivity index (χ4v) is 2.13. The van der Waals surface area contributed by atoms with Crippen LogP contribution in [-0.4, -0.2) is 89.1 Å². The van der Waals surface area contributed by atoms with Gasteiger partial charge in [-0.3, -0.25) is 9.69 Å². The van der Waals surface area contributed by atoms with Crippen LogP contribution in [0.2, 0.25) is 0 Å². The van der Waals surface area contributed by atoms with Gasteiger partial charge in [-0.05, 0) is 7.05 Å². The van der Waals surface area contributed by atoms with Gasteiger partial charge in [-0.1, -0.05) is 0 Å². The molecule has 0 N–H and O–H groups in total. The second-order valence-corrected chi connectivity index (χ2v) is 4.87. The minimum atomic E-state index is -0.177. The zero-order chi connectivity index (χ0) is 14.1. The molecule has 1 fully saturated rings. The predicted molar refractivity (Wildman–Crippen MR) is 72.2 cm³/mol. The molecule has 112 valence electrons. The minimum Gasteiger partial charge on any atom is -0.469 e. The number of nitrogens with zero attached hydrogens (tertiary/aromatic N) is 2. The third-order valence-electron chi connectivity index (χ3n) is 3.28. The fraction of sp³-hybridized carbons (Fsp3) is 0.923. The van der Waals surface area contributed by atoms with Crippen molar-refractivity contribution in [1.29, 1.82) is 0 Å². The summed E-state index contributed by atoms with van der Waals surface area (Å²) in [5.41, 5.74) is 0. The van der Waals surface area contributed by atoms with Crippen molar-refractivity contribution in [3.63, 3.8) is 0 Å². The number of rotatable bonds is 8. The minimum absolute atomic E-state index is 0.177. The van der Waals surface area contributed by atoms with Crippen molar-refractivity contribution >= 4 is 5.97 Å². The van der Waals surface area contributed by atoms with Crippen LogP contribution in [0.5, 0.6) is 0 Å². The molecule has 6 heteroatoms. The zero-order valence-electron chi connectivity index (χ0n) is 12.3. The number of methoxy groups -OCH3 is 2. The van der Waals surface area contributed by atoms with E-state index in [0.717, 1.165) is 32.8 Å². The van der Waals surface area contributed by atoms with E-state index in [2.05, 4.69) is 21.6 Å². The lowest BCUT2D eigenvalue weighted by Gasteiger charge is -2.33. The van der Waals surface area contributed by atoms with Crippen molar-refractivity contribution in [3.05, 3.63) is 0 Å². The number of hydrogen-bond donors (Lipinski definition) is 0. The van der Waals surface area contributed by atoms with Crippen LogP contribution in [-0.2, 0) is 19.0 Å². The highest BCUT2D eigenvalue weighted by molar-refractivity contribution is 5.69. The maximum Gasteiger partial charge on any atom is 0.306 e. The van der Waals surface area contributed by atoms with Gasteiger partial charge in [0.1, 0.15) is 0 Å². The molecule has 0 bridgehead atoms. The quantitative estimate of drug-likeness (QED) is 0.573. The molecule has 0 aliphatic carbocycles. The average Bonchev–Trinajstić information content (AvgIpc) is 2.41. The monoisotopic (exact) mass is 274 g/mol. The summed E-state index contributed by atoms with van der Waals surface area (Å²) < 4.78 is 15.5. The summed E-state index contributed by atoms with van der Waals surface area (Å²) in [6.45, 7) is 5.65. The first-order valence-electron chi connectivity index (χ1n) is 6.74. The van der Waals surface area contributed by atoms with Gasteiger partial charge in [-0.15, -0.1) is 0 Å². The highest BCUT2D eigenvalue weighted by Gasteiger charge is 2.21. The molecule has 0 aromatic heterocycles. The van der Waals surface area contributed by atoms with E-state index in [0.29, 0.717) is 19.6 Å². The van der Waals surface area contributed by atoms with Crippen LogP contribution < -0.4 is 0 Å². The highest BCUT2D eigenvalue weighted by atomic mass is 16.5. The first-order chi connectivity index (χ1) is 9.15. The van der Waals surface area contributed by atoms with E-state index in [1.54, 1.807) is 7.11 Å². The fourth-order valence-electron chi connectivity index (χ4n) is 2.13. The van der Waals surface area contributed by atoms with Crippen LogP contribution in [0.4, 0.5) is 0 Å². The second kappa shape index (κ2) is 9.25. The number of ether oxygens (including phenoxy) is 3. The van der Waals surface area contributed by atoms with Crippen LogP contribution in [0.15, 0.2) is 0 Å². The van der Waals surface area contributed by atoms with Crippen molar-refractivity contribution in [2.75, 3.05) is 67.2 Å². The number of morpholine rings is 1. The number of likely N-dealkylation sites (N-methyl/N-ethyl adjacent to an activating group) is 1. The van der Waals surface area contributed by atoms with E-state index in [9.17, 15) is 4.79 Å².